The number of hydrogen-bond acceptors (Lipinski definition) is 4. The molecule has 3 rings (SSSR count). The third-order valence-electron chi connectivity index (χ3n) is 4.14. The van der Waals surface area contributed by atoms with Gasteiger partial charge in [-0.1, -0.05) is 30.3 Å². The van der Waals surface area contributed by atoms with E-state index in [1.54, 1.807) is 13.2 Å². The molecule has 0 bridgehead atoms. The van der Waals surface area contributed by atoms with Crippen LogP contribution in [0, 0.1) is 5.92 Å². The number of rotatable bonds is 5. The zero-order valence-corrected chi connectivity index (χ0v) is 17.0. The van der Waals surface area contributed by atoms with E-state index in [1.165, 1.54) is 0 Å². The lowest BCUT2D eigenvalue weighted by molar-refractivity contribution is 0.181. The van der Waals surface area contributed by atoms with Gasteiger partial charge < -0.3 is 19.4 Å². The van der Waals surface area contributed by atoms with Crippen LogP contribution in [-0.2, 0) is 11.3 Å². The molecule has 7 heteroatoms. The number of aliphatic imine (C=N–C) groups is 1. The van der Waals surface area contributed by atoms with Crippen molar-refractivity contribution in [3.8, 4) is 11.3 Å². The van der Waals surface area contributed by atoms with Crippen LogP contribution in [0.15, 0.2) is 45.9 Å². The standard InChI is InChI=1S/C18H24N4O2.HI/c1-19-18(22(2)12-14-8-9-23-13-14)21-11-17-20-10-16(24-17)15-6-4-3-5-7-15;/h3-7,10,14H,8-9,11-13H2,1-2H3,(H,19,21);1H. The first kappa shape index (κ1) is 19.7. The first-order valence-electron chi connectivity index (χ1n) is 8.26. The lowest BCUT2D eigenvalue weighted by Crippen LogP contribution is -2.41. The number of nitrogens with one attached hydrogen (secondary N) is 1. The Bertz CT molecular complexity index is 669. The summed E-state index contributed by atoms with van der Waals surface area (Å²) in [4.78, 5) is 10.8. The van der Waals surface area contributed by atoms with E-state index in [0.29, 0.717) is 18.4 Å². The van der Waals surface area contributed by atoms with E-state index in [0.717, 1.165) is 43.5 Å². The van der Waals surface area contributed by atoms with Crippen molar-refractivity contribution in [2.24, 2.45) is 10.9 Å². The molecule has 0 aliphatic carbocycles. The number of nitrogens with zero attached hydrogens (tertiary/aromatic N) is 3. The second kappa shape index (κ2) is 9.76. The molecule has 1 aromatic carbocycles. The van der Waals surface area contributed by atoms with Crippen LogP contribution in [0.1, 0.15) is 12.3 Å². The summed E-state index contributed by atoms with van der Waals surface area (Å²) < 4.78 is 11.2. The molecule has 1 atom stereocenters. The van der Waals surface area contributed by atoms with Gasteiger partial charge in [0.1, 0.15) is 0 Å². The monoisotopic (exact) mass is 456 g/mol. The molecule has 1 N–H and O–H groups in total. The Kier molecular flexibility index (Phi) is 7.70. The van der Waals surface area contributed by atoms with Crippen LogP contribution in [-0.4, -0.2) is 49.7 Å². The molecule has 1 saturated heterocycles. The maximum absolute atomic E-state index is 5.81. The topological polar surface area (TPSA) is 62.9 Å². The minimum atomic E-state index is 0. The molecule has 1 aliphatic rings. The lowest BCUT2D eigenvalue weighted by Gasteiger charge is -2.24. The number of guanidine groups is 1. The minimum absolute atomic E-state index is 0. The summed E-state index contributed by atoms with van der Waals surface area (Å²) in [5, 5.41) is 3.30. The van der Waals surface area contributed by atoms with E-state index in [4.69, 9.17) is 9.15 Å². The summed E-state index contributed by atoms with van der Waals surface area (Å²) in [6.07, 6.45) is 2.87. The van der Waals surface area contributed by atoms with Crippen molar-refractivity contribution in [2.75, 3.05) is 33.9 Å². The summed E-state index contributed by atoms with van der Waals surface area (Å²) in [6, 6.07) is 9.97. The maximum Gasteiger partial charge on any atom is 0.214 e. The van der Waals surface area contributed by atoms with Gasteiger partial charge in [0.15, 0.2) is 11.7 Å². The fourth-order valence-corrected chi connectivity index (χ4v) is 2.87. The molecule has 0 amide bonds. The molecule has 0 radical (unpaired) electrons. The van der Waals surface area contributed by atoms with Crippen molar-refractivity contribution < 1.29 is 9.15 Å². The molecule has 1 unspecified atom stereocenters. The lowest BCUT2D eigenvalue weighted by atomic mass is 10.1. The molecule has 2 heterocycles. The Labute approximate surface area is 165 Å². The molecular weight excluding hydrogens is 431 g/mol. The third-order valence-corrected chi connectivity index (χ3v) is 4.14. The van der Waals surface area contributed by atoms with Crippen LogP contribution in [0.25, 0.3) is 11.3 Å². The van der Waals surface area contributed by atoms with Crippen LogP contribution < -0.4 is 5.32 Å². The number of benzene rings is 1. The molecular formula is C18H25IN4O2. The Morgan fingerprint density at radius 3 is 2.84 bits per heavy atom. The van der Waals surface area contributed by atoms with E-state index < -0.39 is 0 Å². The van der Waals surface area contributed by atoms with Gasteiger partial charge in [-0.3, -0.25) is 4.99 Å². The molecule has 136 valence electrons. The van der Waals surface area contributed by atoms with Crippen molar-refractivity contribution in [1.82, 2.24) is 15.2 Å². The number of aromatic nitrogens is 1. The number of halogens is 1. The number of oxazole rings is 1. The van der Waals surface area contributed by atoms with Crippen molar-refractivity contribution in [1.29, 1.82) is 0 Å². The van der Waals surface area contributed by atoms with Gasteiger partial charge in [0, 0.05) is 38.7 Å². The molecule has 1 fully saturated rings. The van der Waals surface area contributed by atoms with Crippen molar-refractivity contribution >= 4 is 29.9 Å². The summed E-state index contributed by atoms with van der Waals surface area (Å²) in [6.45, 7) is 3.14. The molecule has 1 aromatic heterocycles. The smallest absolute Gasteiger partial charge is 0.214 e. The SMILES string of the molecule is CN=C(NCc1ncc(-c2ccccc2)o1)N(C)CC1CCOC1.I. The summed E-state index contributed by atoms with van der Waals surface area (Å²) in [5.74, 6) is 2.83. The molecule has 0 spiro atoms. The summed E-state index contributed by atoms with van der Waals surface area (Å²) in [5.41, 5.74) is 1.03. The van der Waals surface area contributed by atoms with Crippen LogP contribution in [0.2, 0.25) is 0 Å². The predicted molar refractivity (Wildman–Crippen MR) is 109 cm³/mol. The van der Waals surface area contributed by atoms with Gasteiger partial charge >= 0.3 is 0 Å². The Hall–Kier alpha value is -1.61. The predicted octanol–water partition coefficient (Wildman–Crippen LogP) is 3.00. The average molecular weight is 456 g/mol. The summed E-state index contributed by atoms with van der Waals surface area (Å²) >= 11 is 0. The van der Waals surface area contributed by atoms with Gasteiger partial charge in [0.05, 0.1) is 19.3 Å². The quantitative estimate of drug-likeness (QED) is 0.426. The average Bonchev–Trinajstić information content (AvgIpc) is 3.28. The van der Waals surface area contributed by atoms with Crippen LogP contribution in [0.5, 0.6) is 0 Å². The molecule has 2 aromatic rings. The highest BCUT2D eigenvalue weighted by Gasteiger charge is 2.19. The van der Waals surface area contributed by atoms with Crippen LogP contribution >= 0.6 is 24.0 Å². The zero-order chi connectivity index (χ0) is 16.8. The first-order valence-corrected chi connectivity index (χ1v) is 8.26. The van der Waals surface area contributed by atoms with Crippen LogP contribution in [0.3, 0.4) is 0 Å². The minimum Gasteiger partial charge on any atom is -0.439 e. The fraction of sp³-hybridized carbons (Fsp3) is 0.444. The van der Waals surface area contributed by atoms with E-state index in [1.807, 2.05) is 37.4 Å². The van der Waals surface area contributed by atoms with E-state index >= 15 is 0 Å². The van der Waals surface area contributed by atoms with Gasteiger partial charge in [-0.25, -0.2) is 4.98 Å². The van der Waals surface area contributed by atoms with Crippen molar-refractivity contribution in [2.45, 2.75) is 13.0 Å². The van der Waals surface area contributed by atoms with E-state index in [2.05, 4.69) is 20.2 Å². The molecule has 0 saturated carbocycles. The normalized spacial score (nSPS) is 17.2. The van der Waals surface area contributed by atoms with Crippen molar-refractivity contribution in [3.63, 3.8) is 0 Å². The van der Waals surface area contributed by atoms with Gasteiger partial charge in [-0.05, 0) is 6.42 Å². The van der Waals surface area contributed by atoms with Crippen molar-refractivity contribution in [3.05, 3.63) is 42.4 Å². The Morgan fingerprint density at radius 1 is 1.36 bits per heavy atom. The number of hydrogen-bond donors (Lipinski definition) is 1. The molecule has 1 aliphatic heterocycles. The van der Waals surface area contributed by atoms with E-state index in [9.17, 15) is 0 Å². The van der Waals surface area contributed by atoms with Gasteiger partial charge in [0.2, 0.25) is 5.89 Å². The second-order valence-electron chi connectivity index (χ2n) is 6.00. The molecule has 6 nitrogen and oxygen atoms in total. The van der Waals surface area contributed by atoms with Crippen LogP contribution in [0.4, 0.5) is 0 Å². The van der Waals surface area contributed by atoms with E-state index in [-0.39, 0.29) is 24.0 Å². The summed E-state index contributed by atoms with van der Waals surface area (Å²) in [7, 11) is 3.83. The van der Waals surface area contributed by atoms with Gasteiger partial charge in [-0.15, -0.1) is 24.0 Å². The Morgan fingerprint density at radius 2 is 2.16 bits per heavy atom. The number of ether oxygens (including phenoxy) is 1. The highest BCUT2D eigenvalue weighted by atomic mass is 127. The Balaban J connectivity index is 0.00000225. The highest BCUT2D eigenvalue weighted by Crippen LogP contribution is 2.19. The zero-order valence-electron chi connectivity index (χ0n) is 14.6. The van der Waals surface area contributed by atoms with Gasteiger partial charge in [0.25, 0.3) is 0 Å². The van der Waals surface area contributed by atoms with Gasteiger partial charge in [-0.2, -0.15) is 0 Å². The first-order chi connectivity index (χ1) is 11.8. The largest absolute Gasteiger partial charge is 0.439 e. The maximum atomic E-state index is 5.81. The fourth-order valence-electron chi connectivity index (χ4n) is 2.87. The second-order valence-corrected chi connectivity index (χ2v) is 6.00. The highest BCUT2D eigenvalue weighted by molar-refractivity contribution is 14.0. The third kappa shape index (κ3) is 5.43. The molecule has 25 heavy (non-hydrogen) atoms.